The molecule has 0 saturated heterocycles. The van der Waals surface area contributed by atoms with E-state index >= 15 is 0 Å². The average Bonchev–Trinajstić information content (AvgIpc) is 3.80. The van der Waals surface area contributed by atoms with Gasteiger partial charge in [-0.15, -0.1) is 11.3 Å². The van der Waals surface area contributed by atoms with Gasteiger partial charge < -0.3 is 4.90 Å². The zero-order chi connectivity index (χ0) is 38.6. The molecule has 0 amide bonds. The van der Waals surface area contributed by atoms with Crippen molar-refractivity contribution in [1.29, 1.82) is 0 Å². The second-order valence-electron chi connectivity index (χ2n) is 15.4. The normalized spacial score (nSPS) is 12.7. The monoisotopic (exact) mass is 757 g/mol. The quantitative estimate of drug-likeness (QED) is 0.156. The lowest BCUT2D eigenvalue weighted by molar-refractivity contribution is 0.722. The van der Waals surface area contributed by atoms with Crippen molar-refractivity contribution in [3.8, 4) is 44.5 Å². The van der Waals surface area contributed by atoms with Gasteiger partial charge in [-0.3, -0.25) is 0 Å². The molecule has 0 spiro atoms. The van der Waals surface area contributed by atoms with Gasteiger partial charge in [0.05, 0.1) is 5.69 Å². The van der Waals surface area contributed by atoms with E-state index in [0.29, 0.717) is 0 Å². The van der Waals surface area contributed by atoms with Crippen molar-refractivity contribution in [3.05, 3.63) is 235 Å². The molecule has 0 radical (unpaired) electrons. The highest BCUT2D eigenvalue weighted by Crippen LogP contribution is 2.58. The van der Waals surface area contributed by atoms with Gasteiger partial charge in [0.2, 0.25) is 0 Å². The van der Waals surface area contributed by atoms with Crippen LogP contribution >= 0.6 is 11.3 Å². The van der Waals surface area contributed by atoms with E-state index in [2.05, 4.69) is 230 Å². The van der Waals surface area contributed by atoms with Gasteiger partial charge in [-0.25, -0.2) is 0 Å². The Bertz CT molecular complexity index is 3000. The van der Waals surface area contributed by atoms with E-state index in [1.165, 1.54) is 87.1 Å². The van der Waals surface area contributed by atoms with Crippen LogP contribution in [0.2, 0.25) is 0 Å². The fourth-order valence-electron chi connectivity index (χ4n) is 9.37. The van der Waals surface area contributed by atoms with E-state index in [1.54, 1.807) is 0 Å². The van der Waals surface area contributed by atoms with Crippen LogP contribution in [-0.2, 0) is 5.41 Å². The molecule has 0 bridgehead atoms. The van der Waals surface area contributed by atoms with Gasteiger partial charge in [0.1, 0.15) is 0 Å². The molecule has 0 saturated carbocycles. The second kappa shape index (κ2) is 13.9. The van der Waals surface area contributed by atoms with Gasteiger partial charge >= 0.3 is 0 Å². The summed E-state index contributed by atoms with van der Waals surface area (Å²) in [6, 6.07) is 80.3. The number of nitrogens with zero attached hydrogens (tertiary/aromatic N) is 1. The molecule has 1 aromatic heterocycles. The molecular weight excluding hydrogens is 719 g/mol. The first-order valence-corrected chi connectivity index (χ1v) is 20.8. The molecule has 58 heavy (non-hydrogen) atoms. The Labute approximate surface area is 343 Å². The smallest absolute Gasteiger partial charge is 0.0520 e. The zero-order valence-corrected chi connectivity index (χ0v) is 33.0. The highest BCUT2D eigenvalue weighted by atomic mass is 32.1. The van der Waals surface area contributed by atoms with Crippen LogP contribution in [0, 0.1) is 0 Å². The third-order valence-corrected chi connectivity index (χ3v) is 13.3. The maximum absolute atomic E-state index is 2.53. The Morgan fingerprint density at radius 1 is 0.379 bits per heavy atom. The van der Waals surface area contributed by atoms with E-state index in [4.69, 9.17) is 0 Å². The van der Waals surface area contributed by atoms with Crippen molar-refractivity contribution in [2.24, 2.45) is 0 Å². The molecule has 0 unspecified atom stereocenters. The Morgan fingerprint density at radius 3 is 1.45 bits per heavy atom. The average molecular weight is 758 g/mol. The third kappa shape index (κ3) is 5.52. The van der Waals surface area contributed by atoms with Gasteiger partial charge in [0.15, 0.2) is 0 Å². The number of rotatable bonds is 7. The highest BCUT2D eigenvalue weighted by Gasteiger charge is 2.44. The number of fused-ring (bicyclic) bond motifs is 6. The van der Waals surface area contributed by atoms with E-state index in [1.807, 2.05) is 11.3 Å². The second-order valence-corrected chi connectivity index (χ2v) is 16.5. The fourth-order valence-corrected chi connectivity index (χ4v) is 10.7. The minimum atomic E-state index is -0.454. The summed E-state index contributed by atoms with van der Waals surface area (Å²) in [7, 11) is 0. The first-order valence-electron chi connectivity index (χ1n) is 20.0. The minimum absolute atomic E-state index is 0.454. The van der Waals surface area contributed by atoms with Gasteiger partial charge in [0.25, 0.3) is 0 Å². The molecule has 0 N–H and O–H groups in total. The van der Waals surface area contributed by atoms with Crippen LogP contribution in [-0.4, -0.2) is 0 Å². The summed E-state index contributed by atoms with van der Waals surface area (Å²) < 4.78 is 2.62. The molecular formula is C56H39NS. The first kappa shape index (κ1) is 34.3. The first-order chi connectivity index (χ1) is 28.6. The van der Waals surface area contributed by atoms with Crippen molar-refractivity contribution in [2.75, 3.05) is 4.90 Å². The molecule has 274 valence electrons. The Morgan fingerprint density at radius 2 is 0.862 bits per heavy atom. The number of hydrogen-bond donors (Lipinski definition) is 0. The Kier molecular flexibility index (Phi) is 8.20. The molecule has 10 aromatic rings. The lowest BCUT2D eigenvalue weighted by Crippen LogP contribution is -2.26. The Hall–Kier alpha value is -7.00. The van der Waals surface area contributed by atoms with Crippen molar-refractivity contribution < 1.29 is 0 Å². The van der Waals surface area contributed by atoms with Gasteiger partial charge in [0, 0.05) is 42.5 Å². The molecule has 0 fully saturated rings. The van der Waals surface area contributed by atoms with E-state index in [0.717, 1.165) is 11.4 Å². The summed E-state index contributed by atoms with van der Waals surface area (Å²) in [6.45, 7) is 2.47. The van der Waals surface area contributed by atoms with Gasteiger partial charge in [-0.2, -0.15) is 0 Å². The molecule has 1 aliphatic rings. The summed E-state index contributed by atoms with van der Waals surface area (Å²) in [5, 5.41) is 2.60. The van der Waals surface area contributed by atoms with Crippen LogP contribution in [0.25, 0.3) is 64.7 Å². The molecule has 11 rings (SSSR count). The predicted molar refractivity (Wildman–Crippen MR) is 248 cm³/mol. The van der Waals surface area contributed by atoms with Crippen LogP contribution in [0.4, 0.5) is 17.1 Å². The maximum atomic E-state index is 2.53. The molecule has 0 atom stereocenters. The summed E-state index contributed by atoms with van der Waals surface area (Å²) >= 11 is 1.92. The van der Waals surface area contributed by atoms with Crippen LogP contribution in [0.5, 0.6) is 0 Å². The summed E-state index contributed by atoms with van der Waals surface area (Å²) in [5.41, 5.74) is 16.7. The minimum Gasteiger partial charge on any atom is -0.310 e. The molecule has 9 aromatic carbocycles. The third-order valence-electron chi connectivity index (χ3n) is 12.1. The standard InChI is InChI=1S/C56H39NS/c1-56(50-26-14-11-23-46(50)47-24-12-15-27-51(47)56)54-52(34-33-49-48-25-13-16-28-53(48)58-55(49)54)57(44-31-29-41(30-32-44)38-17-5-2-6-18-38)45-36-42(39-19-7-3-8-20-39)35-43(37-45)40-21-9-4-10-22-40/h2-37H,1H3. The lowest BCUT2D eigenvalue weighted by atomic mass is 9.73. The summed E-state index contributed by atoms with van der Waals surface area (Å²) in [4.78, 5) is 2.53. The zero-order valence-electron chi connectivity index (χ0n) is 32.1. The molecule has 1 aliphatic carbocycles. The SMILES string of the molecule is CC1(c2c(N(c3ccc(-c4ccccc4)cc3)c3cc(-c4ccccc4)cc(-c4ccccc4)c3)ccc3c2sc2ccccc23)c2ccccc2-c2ccccc21. The summed E-state index contributed by atoms with van der Waals surface area (Å²) in [6.07, 6.45) is 0. The highest BCUT2D eigenvalue weighted by molar-refractivity contribution is 7.26. The van der Waals surface area contributed by atoms with E-state index in [-0.39, 0.29) is 0 Å². The number of hydrogen-bond acceptors (Lipinski definition) is 2. The van der Waals surface area contributed by atoms with Crippen LogP contribution in [0.15, 0.2) is 218 Å². The molecule has 1 nitrogen and oxygen atoms in total. The summed E-state index contributed by atoms with van der Waals surface area (Å²) in [5.74, 6) is 0. The van der Waals surface area contributed by atoms with E-state index < -0.39 is 5.41 Å². The van der Waals surface area contributed by atoms with Gasteiger partial charge in [-0.05, 0) is 105 Å². The van der Waals surface area contributed by atoms with Crippen LogP contribution < -0.4 is 4.90 Å². The lowest BCUT2D eigenvalue weighted by Gasteiger charge is -2.36. The molecule has 0 aliphatic heterocycles. The van der Waals surface area contributed by atoms with Crippen LogP contribution in [0.3, 0.4) is 0 Å². The van der Waals surface area contributed by atoms with Crippen molar-refractivity contribution >= 4 is 48.6 Å². The fraction of sp³-hybridized carbons (Fsp3) is 0.0357. The number of anilines is 3. The Balaban J connectivity index is 1.25. The van der Waals surface area contributed by atoms with Crippen molar-refractivity contribution in [3.63, 3.8) is 0 Å². The predicted octanol–water partition coefficient (Wildman–Crippen LogP) is 15.9. The van der Waals surface area contributed by atoms with Crippen LogP contribution in [0.1, 0.15) is 23.6 Å². The van der Waals surface area contributed by atoms with E-state index in [9.17, 15) is 0 Å². The van der Waals surface area contributed by atoms with Crippen molar-refractivity contribution in [2.45, 2.75) is 12.3 Å². The molecule has 2 heteroatoms. The number of thiophene rings is 1. The van der Waals surface area contributed by atoms with Gasteiger partial charge in [-0.1, -0.05) is 176 Å². The number of benzene rings is 9. The molecule has 1 heterocycles. The topological polar surface area (TPSA) is 3.24 Å². The largest absolute Gasteiger partial charge is 0.310 e. The maximum Gasteiger partial charge on any atom is 0.0520 e. The van der Waals surface area contributed by atoms with Crippen molar-refractivity contribution in [1.82, 2.24) is 0 Å².